The van der Waals surface area contributed by atoms with Gasteiger partial charge in [-0.1, -0.05) is 23.7 Å². The van der Waals surface area contributed by atoms with E-state index in [4.69, 9.17) is 16.0 Å². The molecule has 0 bridgehead atoms. The molecule has 3 aromatic rings. The fourth-order valence-electron chi connectivity index (χ4n) is 4.03. The molecule has 1 amide bonds. The van der Waals surface area contributed by atoms with Crippen molar-refractivity contribution in [3.8, 4) is 11.3 Å². The van der Waals surface area contributed by atoms with Gasteiger partial charge in [0.15, 0.2) is 6.17 Å². The molecule has 1 aromatic carbocycles. The molecule has 29 heavy (non-hydrogen) atoms. The van der Waals surface area contributed by atoms with Crippen LogP contribution >= 0.6 is 22.9 Å². The number of thiophene rings is 1. The van der Waals surface area contributed by atoms with E-state index in [0.717, 1.165) is 35.6 Å². The minimum Gasteiger partial charge on any atom is -0.457 e. The van der Waals surface area contributed by atoms with Crippen LogP contribution in [0.15, 0.2) is 40.8 Å². The van der Waals surface area contributed by atoms with Crippen LogP contribution < -0.4 is 10.6 Å². The Morgan fingerprint density at radius 1 is 1.21 bits per heavy atom. The van der Waals surface area contributed by atoms with Crippen molar-refractivity contribution < 1.29 is 9.21 Å². The van der Waals surface area contributed by atoms with E-state index in [0.29, 0.717) is 22.6 Å². The molecule has 0 saturated carbocycles. The summed E-state index contributed by atoms with van der Waals surface area (Å²) in [4.78, 5) is 16.7. The molecule has 5 nitrogen and oxygen atoms in total. The smallest absolute Gasteiger partial charge is 0.256 e. The lowest BCUT2D eigenvalue weighted by Gasteiger charge is -2.30. The van der Waals surface area contributed by atoms with E-state index in [1.165, 1.54) is 10.4 Å². The lowest BCUT2D eigenvalue weighted by molar-refractivity contribution is 0.0930. The molecule has 0 spiro atoms. The maximum Gasteiger partial charge on any atom is 0.256 e. The van der Waals surface area contributed by atoms with Crippen LogP contribution in [0.4, 0.5) is 5.00 Å². The van der Waals surface area contributed by atoms with Crippen molar-refractivity contribution >= 4 is 33.8 Å². The van der Waals surface area contributed by atoms with Gasteiger partial charge < -0.3 is 15.1 Å². The first-order chi connectivity index (χ1) is 14.0. The molecule has 0 saturated heterocycles. The zero-order valence-corrected chi connectivity index (χ0v) is 17.9. The highest BCUT2D eigenvalue weighted by Gasteiger charge is 2.34. The number of hydrogen-bond acceptors (Lipinski definition) is 5. The number of benzene rings is 1. The Labute approximate surface area is 178 Å². The van der Waals surface area contributed by atoms with Crippen molar-refractivity contribution in [2.45, 2.75) is 39.0 Å². The van der Waals surface area contributed by atoms with Crippen molar-refractivity contribution in [1.29, 1.82) is 0 Å². The first-order valence-electron chi connectivity index (χ1n) is 9.82. The average molecular weight is 428 g/mol. The number of carbonyl (C=O) groups is 1. The van der Waals surface area contributed by atoms with Crippen LogP contribution in [0.3, 0.4) is 0 Å². The Morgan fingerprint density at radius 2 is 2.03 bits per heavy atom. The summed E-state index contributed by atoms with van der Waals surface area (Å²) in [6.07, 6.45) is 0.517. The largest absolute Gasteiger partial charge is 0.457 e. The van der Waals surface area contributed by atoms with E-state index in [9.17, 15) is 4.79 Å². The first-order valence-corrected chi connectivity index (χ1v) is 11.0. The highest BCUT2D eigenvalue weighted by atomic mass is 35.5. The summed E-state index contributed by atoms with van der Waals surface area (Å²) >= 11 is 7.98. The van der Waals surface area contributed by atoms with Crippen LogP contribution in [0.2, 0.25) is 5.02 Å². The van der Waals surface area contributed by atoms with Crippen molar-refractivity contribution in [2.24, 2.45) is 0 Å². The summed E-state index contributed by atoms with van der Waals surface area (Å²) in [5.74, 6) is 1.31. The van der Waals surface area contributed by atoms with Gasteiger partial charge >= 0.3 is 0 Å². The molecule has 0 radical (unpaired) electrons. The highest BCUT2D eigenvalue weighted by Crippen LogP contribution is 2.41. The van der Waals surface area contributed by atoms with Crippen molar-refractivity contribution in [3.63, 3.8) is 0 Å². The zero-order valence-electron chi connectivity index (χ0n) is 16.3. The van der Waals surface area contributed by atoms with Gasteiger partial charge in [0.2, 0.25) is 0 Å². The van der Waals surface area contributed by atoms with Gasteiger partial charge in [-0.3, -0.25) is 9.69 Å². The molecule has 2 N–H and O–H groups in total. The summed E-state index contributed by atoms with van der Waals surface area (Å²) in [7, 11) is 0. The van der Waals surface area contributed by atoms with Crippen LogP contribution in [0.1, 0.15) is 46.6 Å². The third kappa shape index (κ3) is 3.25. The number of halogens is 1. The Hall–Kier alpha value is -2.28. The van der Waals surface area contributed by atoms with E-state index >= 15 is 0 Å². The molecular weight excluding hydrogens is 406 g/mol. The van der Waals surface area contributed by atoms with E-state index < -0.39 is 6.17 Å². The molecule has 150 valence electrons. The molecule has 0 unspecified atom stereocenters. The molecule has 0 aliphatic carbocycles. The van der Waals surface area contributed by atoms with Gasteiger partial charge in [0.05, 0.1) is 10.6 Å². The molecule has 1 atom stereocenters. The number of nitrogens with zero attached hydrogens (tertiary/aromatic N) is 1. The van der Waals surface area contributed by atoms with Crippen molar-refractivity contribution in [1.82, 2.24) is 10.2 Å². The summed E-state index contributed by atoms with van der Waals surface area (Å²) < 4.78 is 6.04. The van der Waals surface area contributed by atoms with Crippen LogP contribution in [0.25, 0.3) is 11.3 Å². The predicted molar refractivity (Wildman–Crippen MR) is 117 cm³/mol. The van der Waals surface area contributed by atoms with E-state index in [1.54, 1.807) is 11.3 Å². The number of carbonyl (C=O) groups excluding carboxylic acids is 1. The summed E-state index contributed by atoms with van der Waals surface area (Å²) in [5, 5.41) is 8.09. The molecule has 4 heterocycles. The second-order valence-corrected chi connectivity index (χ2v) is 9.27. The fraction of sp³-hybridized carbons (Fsp3) is 0.318. The average Bonchev–Trinajstić information content (AvgIpc) is 3.32. The topological polar surface area (TPSA) is 57.5 Å². The van der Waals surface area contributed by atoms with Crippen LogP contribution in [-0.4, -0.2) is 23.4 Å². The quantitative estimate of drug-likeness (QED) is 0.596. The summed E-state index contributed by atoms with van der Waals surface area (Å²) in [5.41, 5.74) is 2.84. The van der Waals surface area contributed by atoms with Crippen LogP contribution in [0.5, 0.6) is 0 Å². The number of rotatable bonds is 3. The number of amides is 1. The molecule has 2 aliphatic rings. The van der Waals surface area contributed by atoms with Crippen molar-refractivity contribution in [2.75, 3.05) is 11.9 Å². The monoisotopic (exact) mass is 427 g/mol. The Kier molecular flexibility index (Phi) is 4.65. The van der Waals surface area contributed by atoms with E-state index in [1.807, 2.05) is 36.4 Å². The minimum atomic E-state index is -0.396. The normalized spacial score (nSPS) is 18.9. The number of hydrogen-bond donors (Lipinski definition) is 2. The minimum absolute atomic E-state index is 0.0325. The molecule has 2 aromatic heterocycles. The number of fused-ring (bicyclic) bond motifs is 3. The SMILES string of the molecule is CC(C)N1CCc2c(sc3c2C(=O)N[C@@H](c2ccc(-c4ccccc4Cl)o2)N3)C1. The van der Waals surface area contributed by atoms with Gasteiger partial charge in [-0.25, -0.2) is 0 Å². The third-order valence-electron chi connectivity index (χ3n) is 5.65. The predicted octanol–water partition coefficient (Wildman–Crippen LogP) is 5.28. The third-order valence-corrected chi connectivity index (χ3v) is 7.12. The maximum absolute atomic E-state index is 12.9. The van der Waals surface area contributed by atoms with Gasteiger partial charge in [0.1, 0.15) is 16.5 Å². The van der Waals surface area contributed by atoms with Gasteiger partial charge in [-0.05, 0) is 50.1 Å². The zero-order chi connectivity index (χ0) is 20.1. The molecule has 2 aliphatic heterocycles. The molecule has 7 heteroatoms. The van der Waals surface area contributed by atoms with Gasteiger partial charge in [0.25, 0.3) is 5.91 Å². The summed E-state index contributed by atoms with van der Waals surface area (Å²) in [6, 6.07) is 11.8. The lowest BCUT2D eigenvalue weighted by Crippen LogP contribution is -2.39. The fourth-order valence-corrected chi connectivity index (χ4v) is 5.56. The van der Waals surface area contributed by atoms with Crippen LogP contribution in [-0.2, 0) is 13.0 Å². The van der Waals surface area contributed by atoms with Gasteiger partial charge in [0, 0.05) is 29.6 Å². The lowest BCUT2D eigenvalue weighted by atomic mass is 10.0. The Balaban J connectivity index is 1.43. The second kappa shape index (κ2) is 7.20. The maximum atomic E-state index is 12.9. The van der Waals surface area contributed by atoms with Crippen molar-refractivity contribution in [3.05, 3.63) is 63.2 Å². The molecule has 0 fully saturated rings. The first kappa shape index (κ1) is 18.7. The summed E-state index contributed by atoms with van der Waals surface area (Å²) in [6.45, 7) is 6.32. The number of anilines is 1. The van der Waals surface area contributed by atoms with E-state index in [-0.39, 0.29) is 5.91 Å². The molecule has 5 rings (SSSR count). The number of nitrogens with one attached hydrogen (secondary N) is 2. The highest BCUT2D eigenvalue weighted by molar-refractivity contribution is 7.16. The molecular formula is C22H22ClN3O2S. The Morgan fingerprint density at radius 3 is 2.83 bits per heavy atom. The number of furan rings is 1. The van der Waals surface area contributed by atoms with Gasteiger partial charge in [-0.15, -0.1) is 11.3 Å². The standard InChI is InChI=1S/C22H22ClN3O2S/c1-12(2)26-10-9-14-18(11-26)29-22-19(14)21(27)24-20(25-22)17-8-7-16(28-17)13-5-3-4-6-15(13)23/h3-8,12,20,25H,9-11H2,1-2H3,(H,24,27)/t20-/m1/s1. The van der Waals surface area contributed by atoms with E-state index in [2.05, 4.69) is 29.4 Å². The van der Waals surface area contributed by atoms with Gasteiger partial charge in [-0.2, -0.15) is 0 Å². The van der Waals surface area contributed by atoms with Crippen LogP contribution in [0, 0.1) is 0 Å². The second-order valence-electron chi connectivity index (χ2n) is 7.75. The Bertz CT molecular complexity index is 1090.